The van der Waals surface area contributed by atoms with Crippen molar-refractivity contribution in [3.8, 4) is 16.9 Å². The van der Waals surface area contributed by atoms with Gasteiger partial charge in [-0.15, -0.1) is 0 Å². The monoisotopic (exact) mass is 412 g/mol. The Labute approximate surface area is 164 Å². The van der Waals surface area contributed by atoms with E-state index < -0.39 is 23.6 Å². The van der Waals surface area contributed by atoms with Gasteiger partial charge in [0, 0.05) is 30.3 Å². The lowest BCUT2D eigenvalue weighted by atomic mass is 9.98. The van der Waals surface area contributed by atoms with Crippen molar-refractivity contribution in [1.82, 2.24) is 20.6 Å². The Morgan fingerprint density at radius 1 is 1.34 bits per heavy atom. The summed E-state index contributed by atoms with van der Waals surface area (Å²) in [4.78, 5) is 20.0. The van der Waals surface area contributed by atoms with Crippen LogP contribution in [0.25, 0.3) is 11.1 Å². The number of carbonyl (C=O) groups excluding carboxylic acids is 1. The van der Waals surface area contributed by atoms with E-state index in [1.165, 1.54) is 19.4 Å². The molecule has 1 amide bonds. The van der Waals surface area contributed by atoms with E-state index in [0.29, 0.717) is 22.6 Å². The Hall–Kier alpha value is -2.75. The second-order valence-corrected chi connectivity index (χ2v) is 7.00. The van der Waals surface area contributed by atoms with Crippen LogP contribution in [0.15, 0.2) is 30.6 Å². The molecule has 1 aliphatic heterocycles. The van der Waals surface area contributed by atoms with Gasteiger partial charge in [-0.05, 0) is 19.1 Å². The van der Waals surface area contributed by atoms with E-state index in [2.05, 4.69) is 20.6 Å². The van der Waals surface area contributed by atoms with Crippen LogP contribution in [-0.2, 0) is 17.5 Å². The number of carbonyl (C=O) groups is 1. The second-order valence-electron chi connectivity index (χ2n) is 7.00. The van der Waals surface area contributed by atoms with Crippen molar-refractivity contribution >= 4 is 5.91 Å². The molecule has 6 nitrogen and oxygen atoms in total. The molecule has 0 aromatic carbocycles. The molecule has 2 atom stereocenters. The van der Waals surface area contributed by atoms with Gasteiger partial charge in [-0.2, -0.15) is 13.2 Å². The molecule has 2 aromatic heterocycles. The van der Waals surface area contributed by atoms with Gasteiger partial charge in [0.05, 0.1) is 31.1 Å². The molecule has 1 fully saturated rings. The number of methoxy groups -OCH3 is 1. The average molecular weight is 412 g/mol. The molecule has 0 radical (unpaired) electrons. The third-order valence-electron chi connectivity index (χ3n) is 4.78. The van der Waals surface area contributed by atoms with Crippen molar-refractivity contribution in [2.45, 2.75) is 37.8 Å². The summed E-state index contributed by atoms with van der Waals surface area (Å²) < 4.78 is 56.8. The molecule has 1 saturated heterocycles. The zero-order chi connectivity index (χ0) is 21.2. The fourth-order valence-electron chi connectivity index (χ4n) is 3.15. The number of amides is 1. The molecule has 0 saturated carbocycles. The molecule has 156 valence electrons. The predicted octanol–water partition coefficient (Wildman–Crippen LogP) is 2.88. The molecule has 2 N–H and O–H groups in total. The smallest absolute Gasteiger partial charge is 0.433 e. The minimum absolute atomic E-state index is 0.0676. The van der Waals surface area contributed by atoms with Crippen molar-refractivity contribution in [3.63, 3.8) is 0 Å². The number of hydrogen-bond donors (Lipinski definition) is 2. The van der Waals surface area contributed by atoms with Crippen molar-refractivity contribution in [3.05, 3.63) is 42.0 Å². The number of rotatable bonds is 5. The van der Waals surface area contributed by atoms with Crippen molar-refractivity contribution < 1.29 is 27.1 Å². The van der Waals surface area contributed by atoms with Gasteiger partial charge in [0.25, 0.3) is 0 Å². The van der Waals surface area contributed by atoms with Crippen molar-refractivity contribution in [2.24, 2.45) is 0 Å². The van der Waals surface area contributed by atoms with E-state index in [0.717, 1.165) is 12.3 Å². The molecule has 0 unspecified atom stereocenters. The minimum Gasteiger partial charge on any atom is -0.494 e. The number of hydrogen-bond acceptors (Lipinski definition) is 5. The molecule has 0 spiro atoms. The van der Waals surface area contributed by atoms with E-state index >= 15 is 0 Å². The molecule has 0 bridgehead atoms. The number of alkyl halides is 4. The molecule has 29 heavy (non-hydrogen) atoms. The summed E-state index contributed by atoms with van der Waals surface area (Å²) in [5.41, 5.74) is -0.624. The quantitative estimate of drug-likeness (QED) is 0.739. The van der Waals surface area contributed by atoms with E-state index in [-0.39, 0.29) is 25.4 Å². The Kier molecular flexibility index (Phi) is 5.74. The first-order valence-electron chi connectivity index (χ1n) is 8.86. The molecule has 2 aromatic rings. The summed E-state index contributed by atoms with van der Waals surface area (Å²) in [5.74, 6) is -0.000609. The van der Waals surface area contributed by atoms with Crippen LogP contribution >= 0.6 is 0 Å². The number of aromatic nitrogens is 2. The first-order valence-corrected chi connectivity index (χ1v) is 8.86. The molecule has 10 heteroatoms. The van der Waals surface area contributed by atoms with Crippen LogP contribution in [0.5, 0.6) is 5.75 Å². The number of pyridine rings is 2. The lowest BCUT2D eigenvalue weighted by molar-refractivity contribution is -0.141. The number of ether oxygens (including phenoxy) is 1. The highest BCUT2D eigenvalue weighted by Gasteiger charge is 2.41. The van der Waals surface area contributed by atoms with Gasteiger partial charge in [-0.3, -0.25) is 14.8 Å². The lowest BCUT2D eigenvalue weighted by Crippen LogP contribution is -2.50. The van der Waals surface area contributed by atoms with Crippen LogP contribution in [0.3, 0.4) is 0 Å². The second kappa shape index (κ2) is 7.94. The SMILES string of the molecule is COc1cnc(CNC(=O)[C@]2(C)C[C@@H](F)CN2)cc1-c1ccc(C(F)(F)F)nc1. The Morgan fingerprint density at radius 2 is 2.10 bits per heavy atom. The zero-order valence-electron chi connectivity index (χ0n) is 15.8. The van der Waals surface area contributed by atoms with Crippen LogP contribution < -0.4 is 15.4 Å². The third kappa shape index (κ3) is 4.64. The first kappa shape index (κ1) is 21.0. The van der Waals surface area contributed by atoms with Crippen LogP contribution in [0.2, 0.25) is 0 Å². The fraction of sp³-hybridized carbons (Fsp3) is 0.421. The van der Waals surface area contributed by atoms with Gasteiger partial charge in [-0.1, -0.05) is 6.07 Å². The first-order chi connectivity index (χ1) is 13.6. The van der Waals surface area contributed by atoms with Crippen LogP contribution in [0.1, 0.15) is 24.7 Å². The summed E-state index contributed by atoms with van der Waals surface area (Å²) in [5, 5.41) is 5.58. The maximum absolute atomic E-state index is 13.4. The van der Waals surface area contributed by atoms with Crippen LogP contribution in [0, 0.1) is 0 Å². The topological polar surface area (TPSA) is 76.1 Å². The van der Waals surface area contributed by atoms with Gasteiger partial charge in [0.2, 0.25) is 5.91 Å². The largest absolute Gasteiger partial charge is 0.494 e. The van der Waals surface area contributed by atoms with Crippen LogP contribution in [-0.4, -0.2) is 41.2 Å². The van der Waals surface area contributed by atoms with Gasteiger partial charge in [0.1, 0.15) is 17.6 Å². The zero-order valence-corrected chi connectivity index (χ0v) is 15.8. The maximum atomic E-state index is 13.4. The summed E-state index contributed by atoms with van der Waals surface area (Å²) in [6.45, 7) is 1.82. The molecular formula is C19H20F4N4O2. The molecule has 1 aliphatic rings. The van der Waals surface area contributed by atoms with E-state index in [1.807, 2.05) is 0 Å². The Bertz CT molecular complexity index is 889. The summed E-state index contributed by atoms with van der Waals surface area (Å²) in [7, 11) is 1.42. The van der Waals surface area contributed by atoms with Crippen LogP contribution in [0.4, 0.5) is 17.6 Å². The molecular weight excluding hydrogens is 392 g/mol. The predicted molar refractivity (Wildman–Crippen MR) is 96.8 cm³/mol. The normalized spacial score (nSPS) is 21.8. The fourth-order valence-corrected chi connectivity index (χ4v) is 3.15. The molecule has 3 heterocycles. The van der Waals surface area contributed by atoms with Gasteiger partial charge in [0.15, 0.2) is 0 Å². The molecule has 0 aliphatic carbocycles. The standard InChI is InChI=1S/C19H20F4N4O2/c1-18(6-12(20)8-27-18)17(28)26-9-13-5-14(15(29-2)10-24-13)11-3-4-16(25-7-11)19(21,22)23/h3-5,7,10,12,27H,6,8-9H2,1-2H3,(H,26,28)/t12-,18+/m1/s1. The Balaban J connectivity index is 1.78. The summed E-state index contributed by atoms with van der Waals surface area (Å²) in [6.07, 6.45) is -3.00. The number of nitrogens with zero attached hydrogens (tertiary/aromatic N) is 2. The van der Waals surface area contributed by atoms with E-state index in [9.17, 15) is 22.4 Å². The van der Waals surface area contributed by atoms with E-state index in [4.69, 9.17) is 4.74 Å². The number of halogens is 4. The summed E-state index contributed by atoms with van der Waals surface area (Å²) >= 11 is 0. The highest BCUT2D eigenvalue weighted by Crippen LogP contribution is 2.32. The van der Waals surface area contributed by atoms with E-state index in [1.54, 1.807) is 13.0 Å². The maximum Gasteiger partial charge on any atom is 0.433 e. The van der Waals surface area contributed by atoms with Crippen molar-refractivity contribution in [1.29, 1.82) is 0 Å². The Morgan fingerprint density at radius 3 is 2.66 bits per heavy atom. The van der Waals surface area contributed by atoms with Gasteiger partial charge < -0.3 is 15.4 Å². The third-order valence-corrected chi connectivity index (χ3v) is 4.78. The van der Waals surface area contributed by atoms with Gasteiger partial charge in [-0.25, -0.2) is 4.39 Å². The van der Waals surface area contributed by atoms with Crippen molar-refractivity contribution in [2.75, 3.05) is 13.7 Å². The highest BCUT2D eigenvalue weighted by atomic mass is 19.4. The molecule has 3 rings (SSSR count). The lowest BCUT2D eigenvalue weighted by Gasteiger charge is -2.22. The minimum atomic E-state index is -4.53. The number of nitrogens with one attached hydrogen (secondary N) is 2. The highest BCUT2D eigenvalue weighted by molar-refractivity contribution is 5.86. The summed E-state index contributed by atoms with van der Waals surface area (Å²) in [6, 6.07) is 3.78. The van der Waals surface area contributed by atoms with Gasteiger partial charge >= 0.3 is 6.18 Å². The average Bonchev–Trinajstić information content (AvgIpc) is 3.05.